The Balaban J connectivity index is 1.25. The summed E-state index contributed by atoms with van der Waals surface area (Å²) in [5, 5.41) is 7.47. The number of aromatic nitrogens is 2. The number of thioether (sulfide) groups is 1. The average Bonchev–Trinajstić information content (AvgIpc) is 3.26. The third-order valence-electron chi connectivity index (χ3n) is 6.08. The molecule has 1 atom stereocenters. The van der Waals surface area contributed by atoms with Gasteiger partial charge in [-0.1, -0.05) is 37.4 Å². The van der Waals surface area contributed by atoms with Gasteiger partial charge in [0.2, 0.25) is 0 Å². The van der Waals surface area contributed by atoms with Crippen LogP contribution in [0.15, 0.2) is 11.4 Å². The van der Waals surface area contributed by atoms with Crippen LogP contribution in [0.4, 0.5) is 4.79 Å². The summed E-state index contributed by atoms with van der Waals surface area (Å²) in [6, 6.07) is 0.385. The highest BCUT2D eigenvalue weighted by Crippen LogP contribution is 2.48. The van der Waals surface area contributed by atoms with Crippen molar-refractivity contribution in [1.29, 1.82) is 0 Å². The lowest BCUT2D eigenvalue weighted by Gasteiger charge is -2.42. The predicted octanol–water partition coefficient (Wildman–Crippen LogP) is 3.33. The highest BCUT2D eigenvalue weighted by molar-refractivity contribution is 7.99. The van der Waals surface area contributed by atoms with Crippen LogP contribution in [0.5, 0.6) is 0 Å². The van der Waals surface area contributed by atoms with E-state index in [1.165, 1.54) is 44.9 Å². The van der Waals surface area contributed by atoms with Crippen LogP contribution in [-0.2, 0) is 13.0 Å². The lowest BCUT2D eigenvalue weighted by Crippen LogP contribution is -2.51. The Labute approximate surface area is 148 Å². The third kappa shape index (κ3) is 3.30. The minimum Gasteiger partial charge on any atom is -0.338 e. The van der Waals surface area contributed by atoms with E-state index in [2.05, 4.69) is 26.4 Å². The second-order valence-electron chi connectivity index (χ2n) is 7.57. The molecule has 1 aliphatic heterocycles. The Morgan fingerprint density at radius 2 is 2.08 bits per heavy atom. The van der Waals surface area contributed by atoms with Gasteiger partial charge in [0.1, 0.15) is 0 Å². The minimum atomic E-state index is 0.00861. The van der Waals surface area contributed by atoms with E-state index in [0.29, 0.717) is 18.0 Å². The minimum absolute atomic E-state index is 0.00861. The molecule has 4 rings (SSSR count). The molecular weight excluding hydrogens is 320 g/mol. The summed E-state index contributed by atoms with van der Waals surface area (Å²) < 4.78 is 2.21. The lowest BCUT2D eigenvalue weighted by atomic mass is 9.69. The number of carbonyl (C=O) groups excluding carboxylic acids is 1. The summed E-state index contributed by atoms with van der Waals surface area (Å²) in [6.07, 6.45) is 13.3. The Hall–Kier alpha value is -1.17. The Morgan fingerprint density at radius 3 is 2.88 bits per heavy atom. The molecule has 2 amide bonds. The smallest absolute Gasteiger partial charge is 0.315 e. The van der Waals surface area contributed by atoms with Crippen LogP contribution < -0.4 is 10.6 Å². The molecule has 132 valence electrons. The van der Waals surface area contributed by atoms with E-state index in [-0.39, 0.29) is 6.03 Å². The van der Waals surface area contributed by atoms with E-state index >= 15 is 0 Å². The van der Waals surface area contributed by atoms with Crippen molar-refractivity contribution in [3.8, 4) is 0 Å². The zero-order valence-electron chi connectivity index (χ0n) is 14.4. The summed E-state index contributed by atoms with van der Waals surface area (Å²) in [5.74, 6) is 1.13. The van der Waals surface area contributed by atoms with Gasteiger partial charge in [-0.05, 0) is 31.1 Å². The summed E-state index contributed by atoms with van der Waals surface area (Å²) in [4.78, 5) is 16.9. The SMILES string of the molecule is O=C(NCCc1cn2c(n1)SCC2)NC1CCCCC12CCCC2. The Morgan fingerprint density at radius 1 is 1.29 bits per heavy atom. The summed E-state index contributed by atoms with van der Waals surface area (Å²) >= 11 is 1.81. The van der Waals surface area contributed by atoms with Gasteiger partial charge in [-0.2, -0.15) is 0 Å². The largest absolute Gasteiger partial charge is 0.338 e. The standard InChI is InChI=1S/C18H28N4OS/c23-16(19-10-6-14-13-22-11-12-24-17(22)20-14)21-15-5-1-2-7-18(15)8-3-4-9-18/h13,15H,1-12H2,(H2,19,21,23). The van der Waals surface area contributed by atoms with E-state index in [0.717, 1.165) is 36.0 Å². The fourth-order valence-corrected chi connectivity index (χ4v) is 5.77. The monoisotopic (exact) mass is 348 g/mol. The molecule has 1 aromatic rings. The molecule has 0 radical (unpaired) electrons. The van der Waals surface area contributed by atoms with Gasteiger partial charge in [-0.25, -0.2) is 9.78 Å². The molecule has 24 heavy (non-hydrogen) atoms. The van der Waals surface area contributed by atoms with Crippen molar-refractivity contribution in [1.82, 2.24) is 20.2 Å². The summed E-state index contributed by atoms with van der Waals surface area (Å²) in [7, 11) is 0. The fourth-order valence-electron chi connectivity index (χ4n) is 4.80. The second kappa shape index (κ2) is 6.98. The van der Waals surface area contributed by atoms with Crippen molar-refractivity contribution in [2.45, 2.75) is 75.5 Å². The number of nitrogens with zero attached hydrogens (tertiary/aromatic N) is 2. The molecule has 0 aromatic carbocycles. The van der Waals surface area contributed by atoms with Gasteiger partial charge in [0.15, 0.2) is 5.16 Å². The van der Waals surface area contributed by atoms with Gasteiger partial charge in [0.05, 0.1) is 5.69 Å². The van der Waals surface area contributed by atoms with Crippen LogP contribution in [-0.4, -0.2) is 33.9 Å². The number of aryl methyl sites for hydroxylation is 1. The molecule has 3 aliphatic rings. The molecule has 2 aliphatic carbocycles. The number of hydrogen-bond acceptors (Lipinski definition) is 3. The van der Waals surface area contributed by atoms with Crippen molar-refractivity contribution >= 4 is 17.8 Å². The maximum absolute atomic E-state index is 12.3. The molecule has 1 unspecified atom stereocenters. The topological polar surface area (TPSA) is 59.0 Å². The first-order valence-corrected chi connectivity index (χ1v) is 10.5. The maximum Gasteiger partial charge on any atom is 0.315 e. The van der Waals surface area contributed by atoms with E-state index < -0.39 is 0 Å². The summed E-state index contributed by atoms with van der Waals surface area (Å²) in [6.45, 7) is 1.72. The maximum atomic E-state index is 12.3. The molecule has 2 saturated carbocycles. The summed E-state index contributed by atoms with van der Waals surface area (Å²) in [5.41, 5.74) is 1.49. The zero-order valence-corrected chi connectivity index (χ0v) is 15.2. The Kier molecular flexibility index (Phi) is 4.74. The van der Waals surface area contributed by atoms with Gasteiger partial charge >= 0.3 is 6.03 Å². The van der Waals surface area contributed by atoms with Crippen LogP contribution in [0.1, 0.15) is 57.1 Å². The van der Waals surface area contributed by atoms with Crippen molar-refractivity contribution in [2.24, 2.45) is 5.41 Å². The van der Waals surface area contributed by atoms with E-state index in [1.54, 1.807) is 0 Å². The molecule has 2 fully saturated rings. The molecule has 0 bridgehead atoms. The molecule has 5 nitrogen and oxygen atoms in total. The van der Waals surface area contributed by atoms with E-state index in [9.17, 15) is 4.79 Å². The number of amides is 2. The van der Waals surface area contributed by atoms with Crippen LogP contribution in [0, 0.1) is 5.41 Å². The quantitative estimate of drug-likeness (QED) is 0.877. The number of imidazole rings is 1. The first-order chi connectivity index (χ1) is 11.8. The van der Waals surface area contributed by atoms with Crippen LogP contribution >= 0.6 is 11.8 Å². The second-order valence-corrected chi connectivity index (χ2v) is 8.64. The number of fused-ring (bicyclic) bond motifs is 1. The first kappa shape index (κ1) is 16.3. The molecule has 1 spiro atoms. The number of urea groups is 1. The highest BCUT2D eigenvalue weighted by atomic mass is 32.2. The van der Waals surface area contributed by atoms with Gasteiger partial charge in [0, 0.05) is 37.5 Å². The Bertz CT molecular complexity index is 572. The van der Waals surface area contributed by atoms with Gasteiger partial charge in [0.25, 0.3) is 0 Å². The number of rotatable bonds is 4. The normalized spacial score (nSPS) is 24.9. The molecule has 2 N–H and O–H groups in total. The number of nitrogens with one attached hydrogen (secondary N) is 2. The van der Waals surface area contributed by atoms with Crippen molar-refractivity contribution < 1.29 is 4.79 Å². The van der Waals surface area contributed by atoms with E-state index in [1.807, 2.05) is 11.8 Å². The van der Waals surface area contributed by atoms with Crippen molar-refractivity contribution in [2.75, 3.05) is 12.3 Å². The first-order valence-electron chi connectivity index (χ1n) is 9.48. The van der Waals surface area contributed by atoms with E-state index in [4.69, 9.17) is 0 Å². The fraction of sp³-hybridized carbons (Fsp3) is 0.778. The zero-order chi connectivity index (χ0) is 16.4. The molecule has 1 aromatic heterocycles. The van der Waals surface area contributed by atoms with Crippen LogP contribution in [0.25, 0.3) is 0 Å². The van der Waals surface area contributed by atoms with Gasteiger partial charge < -0.3 is 15.2 Å². The molecule has 6 heteroatoms. The lowest BCUT2D eigenvalue weighted by molar-refractivity contribution is 0.133. The average molecular weight is 349 g/mol. The number of hydrogen-bond donors (Lipinski definition) is 2. The van der Waals surface area contributed by atoms with Gasteiger partial charge in [-0.3, -0.25) is 0 Å². The predicted molar refractivity (Wildman–Crippen MR) is 96.3 cm³/mol. The van der Waals surface area contributed by atoms with Crippen molar-refractivity contribution in [3.05, 3.63) is 11.9 Å². The molecular formula is C18H28N4OS. The van der Waals surface area contributed by atoms with Gasteiger partial charge in [-0.15, -0.1) is 0 Å². The van der Waals surface area contributed by atoms with Crippen LogP contribution in [0.2, 0.25) is 0 Å². The molecule has 2 heterocycles. The van der Waals surface area contributed by atoms with Crippen LogP contribution in [0.3, 0.4) is 0 Å². The highest BCUT2D eigenvalue weighted by Gasteiger charge is 2.43. The molecule has 0 saturated heterocycles. The van der Waals surface area contributed by atoms with Crippen molar-refractivity contribution in [3.63, 3.8) is 0 Å². The third-order valence-corrected chi connectivity index (χ3v) is 7.05. The number of carbonyl (C=O) groups is 1.